The number of nitrogens with one attached hydrogen (secondary N) is 2. The Morgan fingerprint density at radius 3 is 2.39 bits per heavy atom. The topological polar surface area (TPSA) is 153 Å². The third-order valence-electron chi connectivity index (χ3n) is 3.01. The summed E-state index contributed by atoms with van der Waals surface area (Å²) < 4.78 is 81.0. The average Bonchev–Trinajstić information content (AvgIpc) is 2.70. The molecule has 0 saturated carbocycles. The number of urea groups is 1. The van der Waals surface area contributed by atoms with Crippen molar-refractivity contribution in [3.63, 3.8) is 0 Å². The Balaban J connectivity index is 2.38. The van der Waals surface area contributed by atoms with E-state index in [1.165, 1.54) is 20.3 Å². The molecule has 12 nitrogen and oxygen atoms in total. The van der Waals surface area contributed by atoms with Gasteiger partial charge in [0.15, 0.2) is 5.03 Å². The van der Waals surface area contributed by atoms with Crippen LogP contribution in [0.3, 0.4) is 0 Å². The Hall–Kier alpha value is -3.48. The molecule has 0 radical (unpaired) electrons. The number of pyridine rings is 1. The second kappa shape index (κ2) is 8.47. The number of amides is 3. The molecule has 0 unspecified atom stereocenters. The number of nitrogens with zero attached hydrogens (tertiary/aromatic N) is 4. The summed E-state index contributed by atoms with van der Waals surface area (Å²) in [4.78, 5) is 35.7. The fourth-order valence-corrected chi connectivity index (χ4v) is 2.89. The molecule has 0 fully saturated rings. The number of hydrogen-bond acceptors (Lipinski definition) is 9. The van der Waals surface area contributed by atoms with Crippen LogP contribution in [0.4, 0.5) is 10.7 Å². The zero-order valence-electron chi connectivity index (χ0n) is 20.5. The predicted molar refractivity (Wildman–Crippen MR) is 96.7 cm³/mol. The van der Waals surface area contributed by atoms with Crippen LogP contribution in [0.1, 0.15) is 18.6 Å². The van der Waals surface area contributed by atoms with Gasteiger partial charge >= 0.3 is 6.03 Å². The number of rotatable bonds is 6. The van der Waals surface area contributed by atoms with Gasteiger partial charge in [-0.2, -0.15) is 18.4 Å². The molecule has 2 aromatic rings. The lowest BCUT2D eigenvalue weighted by molar-refractivity contribution is 0.0823. The number of sulfonamides is 1. The summed E-state index contributed by atoms with van der Waals surface area (Å²) in [6.45, 7) is -6.88. The standard InChI is InChI=1S/C15H18N6O6S/c1-21(2)13(22)9-6-5-7-16-12(9)28(24,25)20-15(23)19-14-17-10(26-3)8-11(18-14)27-4/h5-8H,1-4H3,(H2,17,18,19,20,23)/i1D3,2D3. The molecule has 0 atom stereocenters. The molecule has 3 amide bonds. The van der Waals surface area contributed by atoms with Crippen molar-refractivity contribution in [2.75, 3.05) is 33.5 Å². The van der Waals surface area contributed by atoms with Crippen molar-refractivity contribution >= 4 is 27.9 Å². The first-order valence-electron chi connectivity index (χ1n) is 10.2. The number of anilines is 1. The molecule has 2 N–H and O–H groups in total. The van der Waals surface area contributed by atoms with Crippen LogP contribution in [0, 0.1) is 0 Å². The second-order valence-electron chi connectivity index (χ2n) is 4.83. The molecule has 0 aliphatic rings. The van der Waals surface area contributed by atoms with Gasteiger partial charge < -0.3 is 14.4 Å². The quantitative estimate of drug-likeness (QED) is 0.667. The lowest BCUT2D eigenvalue weighted by atomic mass is 10.2. The summed E-state index contributed by atoms with van der Waals surface area (Å²) in [6, 6.07) is 1.83. The molecule has 2 aromatic heterocycles. The SMILES string of the molecule is [2H]C([2H])([2H])N(C(=O)c1cccnc1S(=O)(=O)NC(=O)Nc1nc(OC)cc(OC)n1)C([2H])([2H])[2H]. The average molecular weight is 416 g/mol. The summed E-state index contributed by atoms with van der Waals surface area (Å²) in [7, 11) is -2.37. The number of aromatic nitrogens is 3. The molecule has 2 heterocycles. The molecule has 2 rings (SSSR count). The molecule has 0 aliphatic heterocycles. The zero-order chi connectivity index (χ0) is 25.9. The van der Waals surface area contributed by atoms with Crippen molar-refractivity contribution in [2.45, 2.75) is 5.03 Å². The maximum Gasteiger partial charge on any atom is 0.335 e. The van der Waals surface area contributed by atoms with Crippen molar-refractivity contribution in [1.82, 2.24) is 24.6 Å². The number of ether oxygens (including phenoxy) is 2. The number of methoxy groups -OCH3 is 2. The summed E-state index contributed by atoms with van der Waals surface area (Å²) in [5.41, 5.74) is -0.894. The molecule has 0 saturated heterocycles. The highest BCUT2D eigenvalue weighted by Gasteiger charge is 2.27. The number of hydrogen-bond donors (Lipinski definition) is 2. The molecular weight excluding hydrogens is 392 g/mol. The lowest BCUT2D eigenvalue weighted by Crippen LogP contribution is -2.36. The molecule has 0 spiro atoms. The van der Waals surface area contributed by atoms with E-state index < -0.39 is 57.4 Å². The summed E-state index contributed by atoms with van der Waals surface area (Å²) >= 11 is 0. The van der Waals surface area contributed by atoms with E-state index in [1.807, 2.05) is 5.32 Å². The monoisotopic (exact) mass is 416 g/mol. The van der Waals surface area contributed by atoms with E-state index in [2.05, 4.69) is 15.0 Å². The first-order valence-corrected chi connectivity index (χ1v) is 8.69. The molecule has 13 heteroatoms. The van der Waals surface area contributed by atoms with Gasteiger partial charge in [0.2, 0.25) is 17.7 Å². The van der Waals surface area contributed by atoms with E-state index >= 15 is 0 Å². The molecule has 150 valence electrons. The van der Waals surface area contributed by atoms with E-state index in [0.29, 0.717) is 0 Å². The van der Waals surface area contributed by atoms with Crippen molar-refractivity contribution in [2.24, 2.45) is 0 Å². The number of carbonyl (C=O) groups is 2. The van der Waals surface area contributed by atoms with E-state index in [4.69, 9.17) is 17.7 Å². The Morgan fingerprint density at radius 1 is 1.18 bits per heavy atom. The minimum absolute atomic E-state index is 0.0166. The fourth-order valence-electron chi connectivity index (χ4n) is 1.85. The lowest BCUT2D eigenvalue weighted by Gasteiger charge is -2.14. The Morgan fingerprint density at radius 2 is 1.82 bits per heavy atom. The molecular formula is C15H18N6O6S. The van der Waals surface area contributed by atoms with Crippen molar-refractivity contribution in [1.29, 1.82) is 0 Å². The third-order valence-corrected chi connectivity index (χ3v) is 4.30. The maximum absolute atomic E-state index is 12.7. The van der Waals surface area contributed by atoms with Crippen molar-refractivity contribution < 1.29 is 35.7 Å². The second-order valence-corrected chi connectivity index (χ2v) is 6.43. The van der Waals surface area contributed by atoms with Crippen LogP contribution in [0.5, 0.6) is 11.8 Å². The first-order chi connectivity index (χ1) is 15.6. The van der Waals surface area contributed by atoms with Gasteiger partial charge in [-0.1, -0.05) is 0 Å². The van der Waals surface area contributed by atoms with E-state index in [-0.39, 0.29) is 11.8 Å². The van der Waals surface area contributed by atoms with Gasteiger partial charge in [-0.3, -0.25) is 10.1 Å². The van der Waals surface area contributed by atoms with E-state index in [1.54, 1.807) is 4.72 Å². The van der Waals surface area contributed by atoms with Gasteiger partial charge in [0.05, 0.1) is 25.8 Å². The maximum atomic E-state index is 12.7. The highest BCUT2D eigenvalue weighted by atomic mass is 32.2. The van der Waals surface area contributed by atoms with Crippen LogP contribution in [0.25, 0.3) is 0 Å². The summed E-state index contributed by atoms with van der Waals surface area (Å²) in [5.74, 6) is -2.11. The number of carbonyl (C=O) groups excluding carboxylic acids is 2. The minimum atomic E-state index is -4.92. The first kappa shape index (κ1) is 13.7. The fraction of sp³-hybridized carbons (Fsp3) is 0.267. The van der Waals surface area contributed by atoms with Crippen LogP contribution >= 0.6 is 0 Å². The van der Waals surface area contributed by atoms with E-state index in [9.17, 15) is 18.0 Å². The Kier molecular flexibility index (Phi) is 4.13. The van der Waals surface area contributed by atoms with Crippen LogP contribution in [0.2, 0.25) is 0 Å². The Labute approximate surface area is 169 Å². The molecule has 28 heavy (non-hydrogen) atoms. The molecule has 0 bridgehead atoms. The van der Waals surface area contributed by atoms with Crippen molar-refractivity contribution in [3.05, 3.63) is 30.0 Å². The van der Waals surface area contributed by atoms with Gasteiger partial charge in [-0.15, -0.1) is 0 Å². The smallest absolute Gasteiger partial charge is 0.335 e. The van der Waals surface area contributed by atoms with E-state index in [0.717, 1.165) is 18.3 Å². The van der Waals surface area contributed by atoms with Crippen LogP contribution in [-0.4, -0.2) is 68.4 Å². The third kappa shape index (κ3) is 4.82. The van der Waals surface area contributed by atoms with Crippen LogP contribution < -0.4 is 19.5 Å². The minimum Gasteiger partial charge on any atom is -0.481 e. The largest absolute Gasteiger partial charge is 0.481 e. The predicted octanol–water partition coefficient (Wildman–Crippen LogP) is 0.101. The molecule has 0 aromatic carbocycles. The van der Waals surface area contributed by atoms with Gasteiger partial charge in [0, 0.05) is 28.4 Å². The van der Waals surface area contributed by atoms with Gasteiger partial charge in [-0.05, 0) is 12.1 Å². The van der Waals surface area contributed by atoms with Crippen LogP contribution in [-0.2, 0) is 10.0 Å². The van der Waals surface area contributed by atoms with Gasteiger partial charge in [0.1, 0.15) is 0 Å². The Bertz CT molecular complexity index is 1150. The molecule has 0 aliphatic carbocycles. The highest BCUT2D eigenvalue weighted by Crippen LogP contribution is 2.18. The van der Waals surface area contributed by atoms with Crippen LogP contribution in [0.15, 0.2) is 29.4 Å². The van der Waals surface area contributed by atoms with Gasteiger partial charge in [0.25, 0.3) is 15.9 Å². The zero-order valence-corrected chi connectivity index (χ0v) is 15.3. The highest BCUT2D eigenvalue weighted by molar-refractivity contribution is 7.90. The normalized spacial score (nSPS) is 14.8. The van der Waals surface area contributed by atoms with Crippen molar-refractivity contribution in [3.8, 4) is 11.8 Å². The van der Waals surface area contributed by atoms with Gasteiger partial charge in [-0.25, -0.2) is 14.5 Å². The summed E-state index contributed by atoms with van der Waals surface area (Å²) in [6.07, 6.45) is 0.939. The summed E-state index contributed by atoms with van der Waals surface area (Å²) in [5, 5.41) is 0.937.